The molecular weight excluding hydrogens is 290 g/mol. The smallest absolute Gasteiger partial charge is 0.274 e. The van der Waals surface area contributed by atoms with E-state index in [-0.39, 0.29) is 10.6 Å². The Bertz CT molecular complexity index is 659. The molecule has 110 valence electrons. The molecule has 0 amide bonds. The molecule has 0 aliphatic rings. The Labute approximate surface area is 128 Å². The average Bonchev–Trinajstić information content (AvgIpc) is 2.45. The number of rotatable bonds is 5. The van der Waals surface area contributed by atoms with Crippen LogP contribution in [0.4, 0.5) is 17.1 Å². The van der Waals surface area contributed by atoms with Gasteiger partial charge < -0.3 is 10.2 Å². The molecule has 0 aliphatic carbocycles. The van der Waals surface area contributed by atoms with Crippen molar-refractivity contribution in [2.45, 2.75) is 6.54 Å². The highest BCUT2D eigenvalue weighted by Crippen LogP contribution is 2.29. The summed E-state index contributed by atoms with van der Waals surface area (Å²) in [5, 5.41) is 14.8. The summed E-state index contributed by atoms with van der Waals surface area (Å²) in [4.78, 5) is 12.6. The molecule has 0 saturated carbocycles. The molecule has 0 heterocycles. The molecule has 5 nitrogen and oxygen atoms in total. The Morgan fingerprint density at radius 2 is 1.95 bits per heavy atom. The summed E-state index contributed by atoms with van der Waals surface area (Å²) < 4.78 is 0. The van der Waals surface area contributed by atoms with Crippen LogP contribution in [0.3, 0.4) is 0 Å². The molecule has 0 spiro atoms. The van der Waals surface area contributed by atoms with Gasteiger partial charge in [0.1, 0.15) is 0 Å². The number of nitro benzene ring substituents is 1. The van der Waals surface area contributed by atoms with Crippen LogP contribution in [-0.2, 0) is 6.54 Å². The first kappa shape index (κ1) is 15.1. The van der Waals surface area contributed by atoms with Gasteiger partial charge in [0, 0.05) is 37.3 Å². The van der Waals surface area contributed by atoms with Gasteiger partial charge in [-0.15, -0.1) is 0 Å². The van der Waals surface area contributed by atoms with E-state index in [1.807, 2.05) is 37.2 Å². The number of para-hydroxylation sites is 1. The molecule has 21 heavy (non-hydrogen) atoms. The van der Waals surface area contributed by atoms with Crippen molar-refractivity contribution in [2.24, 2.45) is 0 Å². The monoisotopic (exact) mass is 305 g/mol. The fourth-order valence-electron chi connectivity index (χ4n) is 2.07. The number of hydrogen-bond acceptors (Lipinski definition) is 4. The van der Waals surface area contributed by atoms with Crippen LogP contribution in [0.1, 0.15) is 5.56 Å². The quantitative estimate of drug-likeness (QED) is 0.672. The molecule has 0 fully saturated rings. The van der Waals surface area contributed by atoms with Gasteiger partial charge >= 0.3 is 0 Å². The van der Waals surface area contributed by atoms with Crippen LogP contribution in [0.2, 0.25) is 5.02 Å². The number of hydrogen-bond donors (Lipinski definition) is 1. The Hall–Kier alpha value is -2.27. The minimum Gasteiger partial charge on any atom is -0.379 e. The lowest BCUT2D eigenvalue weighted by Gasteiger charge is -2.19. The third-order valence-electron chi connectivity index (χ3n) is 3.10. The molecule has 1 N–H and O–H groups in total. The first-order valence-corrected chi connectivity index (χ1v) is 6.80. The van der Waals surface area contributed by atoms with E-state index in [1.165, 1.54) is 6.07 Å². The van der Waals surface area contributed by atoms with Crippen molar-refractivity contribution in [1.29, 1.82) is 0 Å². The number of nitro groups is 1. The van der Waals surface area contributed by atoms with Gasteiger partial charge in [0.15, 0.2) is 0 Å². The molecule has 6 heteroatoms. The molecule has 0 aromatic heterocycles. The summed E-state index contributed by atoms with van der Waals surface area (Å²) in [6, 6.07) is 12.2. The zero-order valence-electron chi connectivity index (χ0n) is 11.8. The predicted molar refractivity (Wildman–Crippen MR) is 86.2 cm³/mol. The van der Waals surface area contributed by atoms with Gasteiger partial charge in [-0.1, -0.05) is 29.8 Å². The minimum atomic E-state index is -0.373. The molecule has 0 radical (unpaired) electrons. The Morgan fingerprint density at radius 1 is 1.24 bits per heavy atom. The molecule has 0 bridgehead atoms. The van der Waals surface area contributed by atoms with Crippen molar-refractivity contribution in [3.63, 3.8) is 0 Å². The summed E-state index contributed by atoms with van der Waals surface area (Å²) in [6.45, 7) is 0.359. The van der Waals surface area contributed by atoms with Crippen molar-refractivity contribution in [2.75, 3.05) is 24.3 Å². The van der Waals surface area contributed by atoms with Gasteiger partial charge in [0.2, 0.25) is 0 Å². The van der Waals surface area contributed by atoms with Gasteiger partial charge in [0.25, 0.3) is 5.69 Å². The molecule has 0 aliphatic heterocycles. The van der Waals surface area contributed by atoms with E-state index in [0.29, 0.717) is 17.1 Å². The lowest BCUT2D eigenvalue weighted by Crippen LogP contribution is -2.12. The van der Waals surface area contributed by atoms with Crippen molar-refractivity contribution in [1.82, 2.24) is 0 Å². The Kier molecular flexibility index (Phi) is 4.65. The standard InChI is InChI=1S/C15H16ClN3O2/c1-18(2)15-8-7-12(16)9-13(15)17-10-11-5-3-4-6-14(11)19(20)21/h3-9,17H,10H2,1-2H3. The van der Waals surface area contributed by atoms with Gasteiger partial charge in [0.05, 0.1) is 16.3 Å². The second-order valence-corrected chi connectivity index (χ2v) is 5.23. The summed E-state index contributed by atoms with van der Waals surface area (Å²) in [7, 11) is 3.86. The second-order valence-electron chi connectivity index (χ2n) is 4.80. The predicted octanol–water partition coefficient (Wildman–Crippen LogP) is 3.93. The van der Waals surface area contributed by atoms with Crippen LogP contribution < -0.4 is 10.2 Å². The maximum absolute atomic E-state index is 11.0. The highest BCUT2D eigenvalue weighted by molar-refractivity contribution is 6.31. The summed E-state index contributed by atoms with van der Waals surface area (Å²) >= 11 is 6.02. The van der Waals surface area contributed by atoms with Crippen LogP contribution in [0.5, 0.6) is 0 Å². The molecule has 2 aromatic rings. The van der Waals surface area contributed by atoms with E-state index < -0.39 is 0 Å². The number of benzene rings is 2. The zero-order valence-corrected chi connectivity index (χ0v) is 12.6. The molecule has 0 unspecified atom stereocenters. The van der Waals surface area contributed by atoms with Gasteiger partial charge in [-0.2, -0.15) is 0 Å². The number of anilines is 2. The first-order valence-electron chi connectivity index (χ1n) is 6.42. The fraction of sp³-hybridized carbons (Fsp3) is 0.200. The fourth-order valence-corrected chi connectivity index (χ4v) is 2.24. The van der Waals surface area contributed by atoms with E-state index in [9.17, 15) is 10.1 Å². The number of nitrogens with one attached hydrogen (secondary N) is 1. The highest BCUT2D eigenvalue weighted by Gasteiger charge is 2.13. The normalized spacial score (nSPS) is 10.2. The van der Waals surface area contributed by atoms with Crippen LogP contribution in [0, 0.1) is 10.1 Å². The lowest BCUT2D eigenvalue weighted by molar-refractivity contribution is -0.385. The summed E-state index contributed by atoms with van der Waals surface area (Å²) in [6.07, 6.45) is 0. The van der Waals surface area contributed by atoms with E-state index in [2.05, 4.69) is 5.32 Å². The average molecular weight is 306 g/mol. The minimum absolute atomic E-state index is 0.110. The molecular formula is C15H16ClN3O2. The van der Waals surface area contributed by atoms with Gasteiger partial charge in [-0.25, -0.2) is 0 Å². The van der Waals surface area contributed by atoms with Gasteiger partial charge in [-0.3, -0.25) is 10.1 Å². The van der Waals surface area contributed by atoms with E-state index in [4.69, 9.17) is 11.6 Å². The van der Waals surface area contributed by atoms with E-state index in [0.717, 1.165) is 11.4 Å². The van der Waals surface area contributed by atoms with Crippen molar-refractivity contribution >= 4 is 28.7 Å². The lowest BCUT2D eigenvalue weighted by atomic mass is 10.1. The van der Waals surface area contributed by atoms with Crippen LogP contribution in [0.25, 0.3) is 0 Å². The number of halogens is 1. The largest absolute Gasteiger partial charge is 0.379 e. The van der Waals surface area contributed by atoms with E-state index in [1.54, 1.807) is 18.2 Å². The summed E-state index contributed by atoms with van der Waals surface area (Å²) in [5.41, 5.74) is 2.55. The topological polar surface area (TPSA) is 58.4 Å². The number of nitrogens with zero attached hydrogens (tertiary/aromatic N) is 2. The SMILES string of the molecule is CN(C)c1ccc(Cl)cc1NCc1ccccc1[N+](=O)[O-]. The van der Waals surface area contributed by atoms with Crippen LogP contribution in [0.15, 0.2) is 42.5 Å². The Morgan fingerprint density at radius 3 is 2.62 bits per heavy atom. The van der Waals surface area contributed by atoms with Gasteiger partial charge in [-0.05, 0) is 18.2 Å². The van der Waals surface area contributed by atoms with Crippen LogP contribution in [-0.4, -0.2) is 19.0 Å². The van der Waals surface area contributed by atoms with Crippen molar-refractivity contribution < 1.29 is 4.92 Å². The third kappa shape index (κ3) is 3.64. The maximum Gasteiger partial charge on any atom is 0.274 e. The second kappa shape index (κ2) is 6.45. The maximum atomic E-state index is 11.0. The Balaban J connectivity index is 2.24. The highest BCUT2D eigenvalue weighted by atomic mass is 35.5. The molecule has 2 rings (SSSR count). The molecule has 0 atom stereocenters. The van der Waals surface area contributed by atoms with Crippen LogP contribution >= 0.6 is 11.6 Å². The first-order chi connectivity index (χ1) is 9.99. The van der Waals surface area contributed by atoms with Crippen molar-refractivity contribution in [3.05, 3.63) is 63.2 Å². The molecule has 2 aromatic carbocycles. The molecule has 0 saturated heterocycles. The van der Waals surface area contributed by atoms with E-state index >= 15 is 0 Å². The summed E-state index contributed by atoms with van der Waals surface area (Å²) in [5.74, 6) is 0. The van der Waals surface area contributed by atoms with Crippen molar-refractivity contribution in [3.8, 4) is 0 Å². The third-order valence-corrected chi connectivity index (χ3v) is 3.33. The zero-order chi connectivity index (χ0) is 15.4.